The molecule has 1 N–H and O–H groups in total. The molecule has 1 aliphatic rings. The van der Waals surface area contributed by atoms with Gasteiger partial charge in [-0.05, 0) is 31.0 Å². The van der Waals surface area contributed by atoms with Crippen LogP contribution in [0, 0.1) is 0 Å². The van der Waals surface area contributed by atoms with E-state index in [2.05, 4.69) is 15.2 Å². The van der Waals surface area contributed by atoms with Gasteiger partial charge in [-0.3, -0.25) is 5.10 Å². The molecule has 0 bridgehead atoms. The van der Waals surface area contributed by atoms with Gasteiger partial charge < -0.3 is 4.74 Å². The van der Waals surface area contributed by atoms with Gasteiger partial charge in [0.15, 0.2) is 11.6 Å². The van der Waals surface area contributed by atoms with Crippen molar-refractivity contribution >= 4 is 11.6 Å². The molecule has 1 aromatic heterocycles. The van der Waals surface area contributed by atoms with Crippen molar-refractivity contribution in [3.63, 3.8) is 0 Å². The van der Waals surface area contributed by atoms with Gasteiger partial charge in [0.1, 0.15) is 12.4 Å². The number of rotatable bonds is 4. The maximum atomic E-state index is 5.92. The Morgan fingerprint density at radius 2 is 2.10 bits per heavy atom. The fraction of sp³-hybridized carbons (Fsp3) is 0.467. The first-order chi connectivity index (χ1) is 9.81. The fourth-order valence-electron chi connectivity index (χ4n) is 2.63. The summed E-state index contributed by atoms with van der Waals surface area (Å²) in [5.74, 6) is 2.97. The number of nitrogens with zero attached hydrogens (tertiary/aromatic N) is 2. The molecule has 1 fully saturated rings. The highest BCUT2D eigenvalue weighted by molar-refractivity contribution is 6.30. The number of benzene rings is 1. The fourth-order valence-corrected chi connectivity index (χ4v) is 2.81. The first-order valence-electron chi connectivity index (χ1n) is 7.11. The highest BCUT2D eigenvalue weighted by Crippen LogP contribution is 2.30. The van der Waals surface area contributed by atoms with Gasteiger partial charge in [0.2, 0.25) is 0 Å². The zero-order chi connectivity index (χ0) is 13.8. The lowest BCUT2D eigenvalue weighted by atomic mass is 9.89. The van der Waals surface area contributed by atoms with E-state index < -0.39 is 0 Å². The molecule has 0 radical (unpaired) electrons. The summed E-state index contributed by atoms with van der Waals surface area (Å²) in [5.41, 5.74) is 0. The molecule has 1 heterocycles. The first kappa shape index (κ1) is 13.4. The van der Waals surface area contributed by atoms with E-state index >= 15 is 0 Å². The van der Waals surface area contributed by atoms with Crippen molar-refractivity contribution in [2.24, 2.45) is 0 Å². The molecule has 1 saturated carbocycles. The first-order valence-corrected chi connectivity index (χ1v) is 7.48. The third-order valence-corrected chi connectivity index (χ3v) is 3.93. The van der Waals surface area contributed by atoms with Crippen LogP contribution < -0.4 is 4.74 Å². The lowest BCUT2D eigenvalue weighted by Gasteiger charge is -2.17. The van der Waals surface area contributed by atoms with Crippen LogP contribution >= 0.6 is 11.6 Å². The van der Waals surface area contributed by atoms with E-state index in [0.717, 1.165) is 17.4 Å². The Morgan fingerprint density at radius 1 is 1.25 bits per heavy atom. The van der Waals surface area contributed by atoms with Gasteiger partial charge in [0.05, 0.1) is 0 Å². The van der Waals surface area contributed by atoms with Crippen LogP contribution in [0.25, 0.3) is 0 Å². The van der Waals surface area contributed by atoms with Crippen LogP contribution in [0.4, 0.5) is 0 Å². The van der Waals surface area contributed by atoms with Crippen molar-refractivity contribution in [2.45, 2.75) is 44.6 Å². The standard InChI is InChI=1S/C15H18ClN3O/c16-12-7-4-8-13(9-12)20-10-14-17-15(19-18-14)11-5-2-1-3-6-11/h4,7-9,11H,1-3,5-6,10H2,(H,17,18,19). The summed E-state index contributed by atoms with van der Waals surface area (Å²) >= 11 is 5.92. The van der Waals surface area contributed by atoms with Gasteiger partial charge in [0.25, 0.3) is 0 Å². The Hall–Kier alpha value is -1.55. The van der Waals surface area contributed by atoms with Crippen molar-refractivity contribution < 1.29 is 4.74 Å². The summed E-state index contributed by atoms with van der Waals surface area (Å²) in [7, 11) is 0. The molecule has 0 saturated heterocycles. The molecule has 0 amide bonds. The minimum Gasteiger partial charge on any atom is -0.486 e. The van der Waals surface area contributed by atoms with Crippen LogP contribution in [-0.4, -0.2) is 15.2 Å². The van der Waals surface area contributed by atoms with E-state index in [1.165, 1.54) is 32.1 Å². The van der Waals surface area contributed by atoms with E-state index in [4.69, 9.17) is 16.3 Å². The minimum atomic E-state index is 0.389. The largest absolute Gasteiger partial charge is 0.486 e. The summed E-state index contributed by atoms with van der Waals surface area (Å²) in [6.07, 6.45) is 6.31. The molecular weight excluding hydrogens is 274 g/mol. The summed E-state index contributed by atoms with van der Waals surface area (Å²) in [6.45, 7) is 0.389. The average molecular weight is 292 g/mol. The molecule has 4 nitrogen and oxygen atoms in total. The van der Waals surface area contributed by atoms with E-state index in [-0.39, 0.29) is 0 Å². The minimum absolute atomic E-state index is 0.389. The second kappa shape index (κ2) is 6.27. The van der Waals surface area contributed by atoms with E-state index in [1.54, 1.807) is 6.07 Å². The van der Waals surface area contributed by atoms with Gasteiger partial charge in [0, 0.05) is 10.9 Å². The molecule has 106 valence electrons. The normalized spacial score (nSPS) is 16.2. The van der Waals surface area contributed by atoms with E-state index in [0.29, 0.717) is 17.5 Å². The second-order valence-electron chi connectivity index (χ2n) is 5.22. The molecule has 0 atom stereocenters. The van der Waals surface area contributed by atoms with Crippen LogP contribution in [0.1, 0.15) is 49.7 Å². The molecule has 2 aromatic rings. The smallest absolute Gasteiger partial charge is 0.162 e. The van der Waals surface area contributed by atoms with Crippen LogP contribution in [0.3, 0.4) is 0 Å². The molecule has 0 unspecified atom stereocenters. The second-order valence-corrected chi connectivity index (χ2v) is 5.66. The number of hydrogen-bond donors (Lipinski definition) is 1. The van der Waals surface area contributed by atoms with Gasteiger partial charge in [-0.2, -0.15) is 5.10 Å². The number of halogens is 1. The zero-order valence-corrected chi connectivity index (χ0v) is 12.1. The average Bonchev–Trinajstić information content (AvgIpc) is 2.95. The molecule has 5 heteroatoms. The van der Waals surface area contributed by atoms with E-state index in [9.17, 15) is 0 Å². The Labute approximate surface area is 123 Å². The van der Waals surface area contributed by atoms with E-state index in [1.807, 2.05) is 18.2 Å². The Kier molecular flexibility index (Phi) is 4.21. The number of hydrogen-bond acceptors (Lipinski definition) is 3. The van der Waals surface area contributed by atoms with Crippen molar-refractivity contribution in [3.8, 4) is 5.75 Å². The molecular formula is C15H18ClN3O. The van der Waals surface area contributed by atoms with Crippen LogP contribution in [0.15, 0.2) is 24.3 Å². The van der Waals surface area contributed by atoms with Crippen molar-refractivity contribution in [3.05, 3.63) is 40.9 Å². The summed E-state index contributed by atoms with van der Waals surface area (Å²) in [5, 5.41) is 7.97. The number of aromatic amines is 1. The highest BCUT2D eigenvalue weighted by atomic mass is 35.5. The number of nitrogens with one attached hydrogen (secondary N) is 1. The maximum absolute atomic E-state index is 5.92. The van der Waals surface area contributed by atoms with Gasteiger partial charge >= 0.3 is 0 Å². The van der Waals surface area contributed by atoms with Crippen LogP contribution in [-0.2, 0) is 6.61 Å². The molecule has 1 aromatic carbocycles. The molecule has 0 spiro atoms. The van der Waals surface area contributed by atoms with Crippen LogP contribution in [0.5, 0.6) is 5.75 Å². The zero-order valence-electron chi connectivity index (χ0n) is 11.3. The summed E-state index contributed by atoms with van der Waals surface area (Å²) in [4.78, 5) is 4.55. The predicted octanol–water partition coefficient (Wildman–Crippen LogP) is 4.08. The number of H-pyrrole nitrogens is 1. The Balaban J connectivity index is 1.59. The summed E-state index contributed by atoms with van der Waals surface area (Å²) in [6, 6.07) is 7.36. The number of aromatic nitrogens is 3. The Morgan fingerprint density at radius 3 is 2.90 bits per heavy atom. The molecule has 3 rings (SSSR count). The lowest BCUT2D eigenvalue weighted by Crippen LogP contribution is -2.06. The maximum Gasteiger partial charge on any atom is 0.162 e. The van der Waals surface area contributed by atoms with Gasteiger partial charge in [-0.15, -0.1) is 0 Å². The third-order valence-electron chi connectivity index (χ3n) is 3.69. The quantitative estimate of drug-likeness (QED) is 0.923. The highest BCUT2D eigenvalue weighted by Gasteiger charge is 2.19. The lowest BCUT2D eigenvalue weighted by molar-refractivity contribution is 0.296. The monoisotopic (exact) mass is 291 g/mol. The van der Waals surface area contributed by atoms with Gasteiger partial charge in [-0.1, -0.05) is 36.9 Å². The summed E-state index contributed by atoms with van der Waals surface area (Å²) < 4.78 is 5.66. The topological polar surface area (TPSA) is 50.8 Å². The number of ether oxygens (including phenoxy) is 1. The van der Waals surface area contributed by atoms with Crippen molar-refractivity contribution in [1.29, 1.82) is 0 Å². The van der Waals surface area contributed by atoms with Crippen LogP contribution in [0.2, 0.25) is 5.02 Å². The molecule has 0 aliphatic heterocycles. The SMILES string of the molecule is Clc1cccc(OCc2nc(C3CCCCC3)n[nH]2)c1. The van der Waals surface area contributed by atoms with Crippen molar-refractivity contribution in [1.82, 2.24) is 15.2 Å². The molecule has 20 heavy (non-hydrogen) atoms. The molecule has 1 aliphatic carbocycles. The third kappa shape index (κ3) is 3.31. The van der Waals surface area contributed by atoms with Gasteiger partial charge in [-0.25, -0.2) is 4.98 Å². The van der Waals surface area contributed by atoms with Crippen molar-refractivity contribution in [2.75, 3.05) is 0 Å². The Bertz CT molecular complexity index is 564. The predicted molar refractivity (Wildman–Crippen MR) is 78.0 cm³/mol.